The molecule has 1 amide bonds. The molecule has 2 N–H and O–H groups in total. The number of aromatic nitrogens is 1. The molecule has 0 unspecified atom stereocenters. The summed E-state index contributed by atoms with van der Waals surface area (Å²) in [5.74, 6) is 0.0411. The number of hydrogen-bond acceptors (Lipinski definition) is 4. The Morgan fingerprint density at radius 3 is 2.44 bits per heavy atom. The van der Waals surface area contributed by atoms with Crippen molar-refractivity contribution in [2.75, 3.05) is 17.7 Å². The number of halogens is 1. The van der Waals surface area contributed by atoms with Gasteiger partial charge in [-0.25, -0.2) is 9.37 Å². The number of nitrogens with one attached hydrogen (secondary N) is 2. The van der Waals surface area contributed by atoms with Crippen LogP contribution in [0.3, 0.4) is 0 Å². The molecule has 0 radical (unpaired) electrons. The van der Waals surface area contributed by atoms with Crippen molar-refractivity contribution in [2.45, 2.75) is 0 Å². The molecule has 2 aromatic carbocycles. The summed E-state index contributed by atoms with van der Waals surface area (Å²) in [4.78, 5) is 16.4. The average molecular weight is 337 g/mol. The van der Waals surface area contributed by atoms with E-state index in [4.69, 9.17) is 4.74 Å². The Balaban J connectivity index is 1.66. The first-order valence-electron chi connectivity index (χ1n) is 7.58. The van der Waals surface area contributed by atoms with Crippen LogP contribution >= 0.6 is 0 Å². The van der Waals surface area contributed by atoms with E-state index in [2.05, 4.69) is 15.6 Å². The van der Waals surface area contributed by atoms with Crippen molar-refractivity contribution in [3.05, 3.63) is 78.4 Å². The van der Waals surface area contributed by atoms with Crippen molar-refractivity contribution < 1.29 is 13.9 Å². The van der Waals surface area contributed by atoms with Crippen LogP contribution in [0.25, 0.3) is 0 Å². The van der Waals surface area contributed by atoms with Crippen molar-refractivity contribution in [2.24, 2.45) is 0 Å². The molecule has 3 aromatic rings. The Morgan fingerprint density at radius 1 is 1.00 bits per heavy atom. The lowest BCUT2D eigenvalue weighted by Crippen LogP contribution is -2.13. The highest BCUT2D eigenvalue weighted by molar-refractivity contribution is 6.03. The number of nitrogens with zero attached hydrogens (tertiary/aromatic N) is 1. The van der Waals surface area contributed by atoms with E-state index in [1.807, 2.05) is 0 Å². The first kappa shape index (κ1) is 16.4. The van der Waals surface area contributed by atoms with Gasteiger partial charge in [-0.15, -0.1) is 0 Å². The van der Waals surface area contributed by atoms with Gasteiger partial charge >= 0.3 is 0 Å². The van der Waals surface area contributed by atoms with E-state index in [1.165, 1.54) is 12.1 Å². The summed E-state index contributed by atoms with van der Waals surface area (Å²) in [6, 6.07) is 16.4. The maximum absolute atomic E-state index is 12.9. The molecule has 25 heavy (non-hydrogen) atoms. The predicted octanol–water partition coefficient (Wildman–Crippen LogP) is 4.23. The van der Waals surface area contributed by atoms with Gasteiger partial charge in [-0.2, -0.15) is 0 Å². The van der Waals surface area contributed by atoms with Gasteiger partial charge in [0.2, 0.25) is 0 Å². The van der Waals surface area contributed by atoms with E-state index in [1.54, 1.807) is 61.8 Å². The minimum Gasteiger partial charge on any atom is -0.497 e. The van der Waals surface area contributed by atoms with Gasteiger partial charge in [0, 0.05) is 17.4 Å². The Hall–Kier alpha value is -3.41. The Labute approximate surface area is 144 Å². The lowest BCUT2D eigenvalue weighted by Gasteiger charge is -2.08. The summed E-state index contributed by atoms with van der Waals surface area (Å²) in [7, 11) is 1.56. The molecule has 0 saturated heterocycles. The van der Waals surface area contributed by atoms with Crippen molar-refractivity contribution in [1.82, 2.24) is 4.98 Å². The molecule has 0 spiro atoms. The van der Waals surface area contributed by atoms with Crippen molar-refractivity contribution >= 4 is 23.0 Å². The molecule has 0 saturated carbocycles. The summed E-state index contributed by atoms with van der Waals surface area (Å²) >= 11 is 0. The molecular formula is C19H16FN3O2. The Bertz CT molecular complexity index is 865. The smallest absolute Gasteiger partial charge is 0.274 e. The molecule has 0 bridgehead atoms. The summed E-state index contributed by atoms with van der Waals surface area (Å²) < 4.78 is 18.0. The minimum absolute atomic E-state index is 0.285. The van der Waals surface area contributed by atoms with Gasteiger partial charge in [0.1, 0.15) is 17.3 Å². The summed E-state index contributed by atoms with van der Waals surface area (Å²) in [5, 5.41) is 5.85. The van der Waals surface area contributed by atoms with Crippen LogP contribution in [-0.4, -0.2) is 18.0 Å². The van der Waals surface area contributed by atoms with Gasteiger partial charge in [0.15, 0.2) is 0 Å². The van der Waals surface area contributed by atoms with E-state index in [0.29, 0.717) is 17.1 Å². The third-order valence-electron chi connectivity index (χ3n) is 3.46. The van der Waals surface area contributed by atoms with Crippen LogP contribution in [0, 0.1) is 5.82 Å². The lowest BCUT2D eigenvalue weighted by atomic mass is 10.2. The van der Waals surface area contributed by atoms with E-state index in [-0.39, 0.29) is 17.4 Å². The molecule has 1 heterocycles. The van der Waals surface area contributed by atoms with Gasteiger partial charge in [0.05, 0.1) is 19.0 Å². The first-order valence-corrected chi connectivity index (χ1v) is 7.58. The normalized spacial score (nSPS) is 10.2. The van der Waals surface area contributed by atoms with E-state index in [0.717, 1.165) is 5.69 Å². The van der Waals surface area contributed by atoms with Gasteiger partial charge in [-0.3, -0.25) is 4.79 Å². The number of hydrogen-bond donors (Lipinski definition) is 2. The largest absolute Gasteiger partial charge is 0.497 e. The summed E-state index contributed by atoms with van der Waals surface area (Å²) in [6.45, 7) is 0. The molecule has 126 valence electrons. The Kier molecular flexibility index (Phi) is 4.89. The van der Waals surface area contributed by atoms with Crippen LogP contribution in [0.1, 0.15) is 10.5 Å². The van der Waals surface area contributed by atoms with Crippen LogP contribution in [0.15, 0.2) is 66.9 Å². The lowest BCUT2D eigenvalue weighted by molar-refractivity contribution is 0.102. The van der Waals surface area contributed by atoms with E-state index in [9.17, 15) is 9.18 Å². The minimum atomic E-state index is -0.318. The maximum Gasteiger partial charge on any atom is 0.274 e. The third kappa shape index (κ3) is 4.32. The van der Waals surface area contributed by atoms with Crippen LogP contribution in [-0.2, 0) is 0 Å². The second-order valence-corrected chi connectivity index (χ2v) is 5.25. The highest BCUT2D eigenvalue weighted by Crippen LogP contribution is 2.19. The fourth-order valence-electron chi connectivity index (χ4n) is 2.20. The van der Waals surface area contributed by atoms with E-state index >= 15 is 0 Å². The van der Waals surface area contributed by atoms with Crippen LogP contribution in [0.4, 0.5) is 21.5 Å². The number of carbonyl (C=O) groups is 1. The zero-order chi connectivity index (χ0) is 17.6. The topological polar surface area (TPSA) is 63.2 Å². The molecule has 0 atom stereocenters. The highest BCUT2D eigenvalue weighted by Gasteiger charge is 2.08. The summed E-state index contributed by atoms with van der Waals surface area (Å²) in [5.41, 5.74) is 2.34. The van der Waals surface area contributed by atoms with Gasteiger partial charge in [-0.05, 0) is 48.5 Å². The molecule has 0 aliphatic heterocycles. The average Bonchev–Trinajstić information content (AvgIpc) is 2.64. The molecule has 0 aliphatic carbocycles. The zero-order valence-electron chi connectivity index (χ0n) is 13.5. The number of benzene rings is 2. The second kappa shape index (κ2) is 7.44. The number of amides is 1. The van der Waals surface area contributed by atoms with Gasteiger partial charge in [-0.1, -0.05) is 6.07 Å². The van der Waals surface area contributed by atoms with Crippen LogP contribution < -0.4 is 15.4 Å². The highest BCUT2D eigenvalue weighted by atomic mass is 19.1. The standard InChI is InChI=1S/C19H16FN3O2/c1-25-17-4-2-3-15(11-17)23-19(24)18-10-9-16(12-21-18)22-14-7-5-13(20)6-8-14/h2-12,22H,1H3,(H,23,24). The van der Waals surface area contributed by atoms with E-state index < -0.39 is 0 Å². The molecule has 3 rings (SSSR count). The number of anilines is 3. The van der Waals surface area contributed by atoms with Crippen molar-refractivity contribution in [1.29, 1.82) is 0 Å². The Morgan fingerprint density at radius 2 is 1.76 bits per heavy atom. The van der Waals surface area contributed by atoms with Crippen molar-refractivity contribution in [3.63, 3.8) is 0 Å². The summed E-state index contributed by atoms with van der Waals surface area (Å²) in [6.07, 6.45) is 1.55. The zero-order valence-corrected chi connectivity index (χ0v) is 13.5. The fourth-order valence-corrected chi connectivity index (χ4v) is 2.20. The van der Waals surface area contributed by atoms with Gasteiger partial charge in [0.25, 0.3) is 5.91 Å². The quantitative estimate of drug-likeness (QED) is 0.731. The predicted molar refractivity (Wildman–Crippen MR) is 94.9 cm³/mol. The number of rotatable bonds is 5. The number of pyridine rings is 1. The monoisotopic (exact) mass is 337 g/mol. The van der Waals surface area contributed by atoms with Gasteiger partial charge < -0.3 is 15.4 Å². The van der Waals surface area contributed by atoms with Crippen LogP contribution in [0.2, 0.25) is 0 Å². The third-order valence-corrected chi connectivity index (χ3v) is 3.46. The number of carbonyl (C=O) groups excluding carboxylic acids is 1. The van der Waals surface area contributed by atoms with Crippen molar-refractivity contribution in [3.8, 4) is 5.75 Å². The molecule has 0 aliphatic rings. The molecule has 5 nitrogen and oxygen atoms in total. The second-order valence-electron chi connectivity index (χ2n) is 5.25. The SMILES string of the molecule is COc1cccc(NC(=O)c2ccc(Nc3ccc(F)cc3)cn2)c1. The molecule has 6 heteroatoms. The number of ether oxygens (including phenoxy) is 1. The fraction of sp³-hybridized carbons (Fsp3) is 0.0526. The first-order chi connectivity index (χ1) is 12.1. The van der Waals surface area contributed by atoms with Crippen LogP contribution in [0.5, 0.6) is 5.75 Å². The maximum atomic E-state index is 12.9. The molecular weight excluding hydrogens is 321 g/mol. The molecule has 0 fully saturated rings. The molecule has 1 aromatic heterocycles. The number of methoxy groups -OCH3 is 1.